The fourth-order valence-electron chi connectivity index (χ4n) is 2.19. The van der Waals surface area contributed by atoms with Crippen molar-refractivity contribution in [2.45, 2.75) is 26.4 Å². The highest BCUT2D eigenvalue weighted by atomic mass is 16.5. The van der Waals surface area contributed by atoms with Crippen LogP contribution in [0.3, 0.4) is 0 Å². The van der Waals surface area contributed by atoms with E-state index < -0.39 is 0 Å². The van der Waals surface area contributed by atoms with Crippen LogP contribution in [-0.4, -0.2) is 36.1 Å². The van der Waals surface area contributed by atoms with E-state index in [1.165, 1.54) is 5.56 Å². The van der Waals surface area contributed by atoms with Crippen LogP contribution in [0, 0.1) is 0 Å². The molecule has 4 heteroatoms. The van der Waals surface area contributed by atoms with Crippen LogP contribution < -0.4 is 4.90 Å². The molecule has 0 radical (unpaired) electrons. The molecule has 0 bridgehead atoms. The van der Waals surface area contributed by atoms with E-state index in [0.29, 0.717) is 12.6 Å². The summed E-state index contributed by atoms with van der Waals surface area (Å²) in [4.78, 5) is 2.25. The van der Waals surface area contributed by atoms with Crippen molar-refractivity contribution in [1.82, 2.24) is 9.78 Å². The number of benzene rings is 1. The van der Waals surface area contributed by atoms with E-state index in [0.717, 1.165) is 18.9 Å². The van der Waals surface area contributed by atoms with Gasteiger partial charge in [0.2, 0.25) is 0 Å². The van der Waals surface area contributed by atoms with Gasteiger partial charge in [-0.1, -0.05) is 30.3 Å². The Bertz CT molecular complexity index is 507. The number of hydrogen-bond donors (Lipinski definition) is 0. The predicted molar refractivity (Wildman–Crippen MR) is 82.1 cm³/mol. The summed E-state index contributed by atoms with van der Waals surface area (Å²) in [5.74, 6) is 1.01. The zero-order valence-electron chi connectivity index (χ0n) is 12.5. The number of nitrogens with zero attached hydrogens (tertiary/aromatic N) is 3. The minimum Gasteiger partial charge on any atom is -0.383 e. The van der Waals surface area contributed by atoms with E-state index in [1.54, 1.807) is 7.11 Å². The van der Waals surface area contributed by atoms with Crippen LogP contribution in [0.4, 0.5) is 5.82 Å². The number of ether oxygens (including phenoxy) is 1. The summed E-state index contributed by atoms with van der Waals surface area (Å²) < 4.78 is 7.15. The molecule has 0 fully saturated rings. The van der Waals surface area contributed by atoms with Crippen molar-refractivity contribution in [2.24, 2.45) is 0 Å². The molecule has 4 nitrogen and oxygen atoms in total. The Morgan fingerprint density at radius 3 is 2.60 bits per heavy atom. The normalized spacial score (nSPS) is 11.0. The van der Waals surface area contributed by atoms with Gasteiger partial charge in [-0.25, -0.2) is 0 Å². The Hall–Kier alpha value is -1.81. The highest BCUT2D eigenvalue weighted by molar-refractivity contribution is 5.38. The maximum atomic E-state index is 5.17. The molecule has 0 N–H and O–H groups in total. The summed E-state index contributed by atoms with van der Waals surface area (Å²) >= 11 is 0. The molecule has 1 heterocycles. The van der Waals surface area contributed by atoms with Gasteiger partial charge in [-0.2, -0.15) is 5.10 Å². The molecular formula is C16H23N3O. The lowest BCUT2D eigenvalue weighted by molar-refractivity contribution is 0.203. The first-order chi connectivity index (χ1) is 9.70. The molecular weight excluding hydrogens is 250 g/mol. The number of aromatic nitrogens is 2. The average molecular weight is 273 g/mol. The van der Waals surface area contributed by atoms with Crippen LogP contribution in [0.2, 0.25) is 0 Å². The Balaban J connectivity index is 2.06. The van der Waals surface area contributed by atoms with Crippen LogP contribution in [0.15, 0.2) is 42.6 Å². The zero-order chi connectivity index (χ0) is 14.4. The van der Waals surface area contributed by atoms with E-state index in [9.17, 15) is 0 Å². The van der Waals surface area contributed by atoms with E-state index in [-0.39, 0.29) is 0 Å². The lowest BCUT2D eigenvalue weighted by Gasteiger charge is -2.26. The minimum atomic E-state index is 0.408. The Kier molecular flexibility index (Phi) is 5.18. The van der Waals surface area contributed by atoms with Crippen LogP contribution in [0.1, 0.15) is 19.4 Å². The van der Waals surface area contributed by atoms with Gasteiger partial charge in [0.05, 0.1) is 13.2 Å². The SMILES string of the molecule is COCCN(c1ccn(Cc2ccccc2)n1)C(C)C. The largest absolute Gasteiger partial charge is 0.383 e. The van der Waals surface area contributed by atoms with Gasteiger partial charge in [0.1, 0.15) is 0 Å². The predicted octanol–water partition coefficient (Wildman–Crippen LogP) is 2.79. The summed E-state index contributed by atoms with van der Waals surface area (Å²) in [6.45, 7) is 6.72. The van der Waals surface area contributed by atoms with Crippen molar-refractivity contribution in [3.8, 4) is 0 Å². The van der Waals surface area contributed by atoms with Crippen molar-refractivity contribution in [1.29, 1.82) is 0 Å². The molecule has 0 saturated carbocycles. The zero-order valence-corrected chi connectivity index (χ0v) is 12.5. The summed E-state index contributed by atoms with van der Waals surface area (Å²) in [5, 5.41) is 4.67. The highest BCUT2D eigenvalue weighted by Gasteiger charge is 2.13. The van der Waals surface area contributed by atoms with E-state index >= 15 is 0 Å². The van der Waals surface area contributed by atoms with Gasteiger partial charge in [0, 0.05) is 32.0 Å². The molecule has 0 unspecified atom stereocenters. The van der Waals surface area contributed by atoms with Gasteiger partial charge in [0.25, 0.3) is 0 Å². The molecule has 1 aromatic carbocycles. The van der Waals surface area contributed by atoms with Gasteiger partial charge in [-0.05, 0) is 19.4 Å². The van der Waals surface area contributed by atoms with Gasteiger partial charge in [-0.3, -0.25) is 4.68 Å². The van der Waals surface area contributed by atoms with Crippen molar-refractivity contribution >= 4 is 5.82 Å². The Morgan fingerprint density at radius 2 is 1.95 bits per heavy atom. The summed E-state index contributed by atoms with van der Waals surface area (Å²) in [7, 11) is 1.73. The van der Waals surface area contributed by atoms with Crippen molar-refractivity contribution in [3.63, 3.8) is 0 Å². The lowest BCUT2D eigenvalue weighted by atomic mass is 10.2. The van der Waals surface area contributed by atoms with E-state index in [2.05, 4.69) is 54.2 Å². The Labute approximate surface area is 121 Å². The first-order valence-corrected chi connectivity index (χ1v) is 7.03. The number of methoxy groups -OCH3 is 1. The van der Waals surface area contributed by atoms with Gasteiger partial charge in [0.15, 0.2) is 5.82 Å². The molecule has 20 heavy (non-hydrogen) atoms. The lowest BCUT2D eigenvalue weighted by Crippen LogP contribution is -2.34. The molecule has 0 aliphatic heterocycles. The van der Waals surface area contributed by atoms with Gasteiger partial charge >= 0.3 is 0 Å². The maximum absolute atomic E-state index is 5.17. The molecule has 0 saturated heterocycles. The first kappa shape index (κ1) is 14.6. The fraction of sp³-hybridized carbons (Fsp3) is 0.438. The van der Waals surface area contributed by atoms with Crippen LogP contribution >= 0.6 is 0 Å². The second-order valence-electron chi connectivity index (χ2n) is 5.14. The second kappa shape index (κ2) is 7.10. The van der Waals surface area contributed by atoms with Crippen LogP contribution in [-0.2, 0) is 11.3 Å². The van der Waals surface area contributed by atoms with Gasteiger partial charge < -0.3 is 9.64 Å². The van der Waals surface area contributed by atoms with E-state index in [4.69, 9.17) is 4.74 Å². The van der Waals surface area contributed by atoms with Gasteiger partial charge in [-0.15, -0.1) is 0 Å². The third-order valence-corrected chi connectivity index (χ3v) is 3.27. The third kappa shape index (κ3) is 3.84. The summed E-state index contributed by atoms with van der Waals surface area (Å²) in [5.41, 5.74) is 1.26. The fourth-order valence-corrected chi connectivity index (χ4v) is 2.19. The second-order valence-corrected chi connectivity index (χ2v) is 5.14. The number of rotatable bonds is 7. The number of anilines is 1. The molecule has 0 amide bonds. The first-order valence-electron chi connectivity index (χ1n) is 7.03. The third-order valence-electron chi connectivity index (χ3n) is 3.27. The van der Waals surface area contributed by atoms with E-state index in [1.807, 2.05) is 16.9 Å². The quantitative estimate of drug-likeness (QED) is 0.777. The molecule has 0 aliphatic rings. The van der Waals surface area contributed by atoms with Crippen molar-refractivity contribution < 1.29 is 4.74 Å². The van der Waals surface area contributed by atoms with Crippen molar-refractivity contribution in [2.75, 3.05) is 25.2 Å². The van der Waals surface area contributed by atoms with Crippen LogP contribution in [0.5, 0.6) is 0 Å². The molecule has 2 aromatic rings. The number of hydrogen-bond acceptors (Lipinski definition) is 3. The minimum absolute atomic E-state index is 0.408. The monoisotopic (exact) mass is 273 g/mol. The molecule has 0 spiro atoms. The molecule has 1 aromatic heterocycles. The molecule has 2 rings (SSSR count). The molecule has 0 aliphatic carbocycles. The highest BCUT2D eigenvalue weighted by Crippen LogP contribution is 2.14. The topological polar surface area (TPSA) is 30.3 Å². The smallest absolute Gasteiger partial charge is 0.150 e. The Morgan fingerprint density at radius 1 is 1.20 bits per heavy atom. The summed E-state index contributed by atoms with van der Waals surface area (Å²) in [6.07, 6.45) is 2.03. The summed E-state index contributed by atoms with van der Waals surface area (Å²) in [6, 6.07) is 12.9. The molecule has 108 valence electrons. The maximum Gasteiger partial charge on any atom is 0.150 e. The van der Waals surface area contributed by atoms with Crippen molar-refractivity contribution in [3.05, 3.63) is 48.2 Å². The average Bonchev–Trinajstić information content (AvgIpc) is 2.88. The van der Waals surface area contributed by atoms with Crippen LogP contribution in [0.25, 0.3) is 0 Å². The molecule has 0 atom stereocenters. The standard InChI is InChI=1S/C16H23N3O/c1-14(2)19(11-12-20-3)16-9-10-18(17-16)13-15-7-5-4-6-8-15/h4-10,14H,11-13H2,1-3H3.